The van der Waals surface area contributed by atoms with Crippen molar-refractivity contribution < 1.29 is 38.8 Å². The van der Waals surface area contributed by atoms with Gasteiger partial charge in [-0.15, -0.1) is 0 Å². The van der Waals surface area contributed by atoms with Gasteiger partial charge in [-0.25, -0.2) is 0 Å². The SMILES string of the molecule is COc1ccc(C(O)=C2C(=O)C(=O)N(CCCC(=O)O)C2c2cc(OC)ccc2OC)cc1. The molecular formula is C24H25NO8. The molecule has 33 heavy (non-hydrogen) atoms. The van der Waals surface area contributed by atoms with Crippen LogP contribution in [0, 0.1) is 0 Å². The van der Waals surface area contributed by atoms with Crippen LogP contribution in [0.2, 0.25) is 0 Å². The molecule has 0 spiro atoms. The second kappa shape index (κ2) is 10.1. The standard InChI is InChI=1S/C24H25NO8/c1-31-15-8-6-14(7-9-15)22(28)20-21(17-13-16(32-2)10-11-18(17)33-3)25(24(30)23(20)29)12-4-5-19(26)27/h6-11,13,21,28H,4-5,12H2,1-3H3,(H,26,27). The van der Waals surface area contributed by atoms with Crippen LogP contribution in [0.4, 0.5) is 0 Å². The number of methoxy groups -OCH3 is 3. The van der Waals surface area contributed by atoms with Gasteiger partial charge in [-0.1, -0.05) is 0 Å². The number of carboxylic acids is 1. The van der Waals surface area contributed by atoms with Gasteiger partial charge in [0.15, 0.2) is 0 Å². The Labute approximate surface area is 190 Å². The van der Waals surface area contributed by atoms with E-state index in [4.69, 9.17) is 19.3 Å². The zero-order valence-corrected chi connectivity index (χ0v) is 18.5. The zero-order chi connectivity index (χ0) is 24.1. The van der Waals surface area contributed by atoms with Crippen molar-refractivity contribution in [3.05, 3.63) is 59.2 Å². The number of hydrogen-bond acceptors (Lipinski definition) is 7. The summed E-state index contributed by atoms with van der Waals surface area (Å²) < 4.78 is 15.9. The number of ether oxygens (including phenoxy) is 3. The number of benzene rings is 2. The Morgan fingerprint density at radius 1 is 0.939 bits per heavy atom. The molecular weight excluding hydrogens is 430 g/mol. The van der Waals surface area contributed by atoms with E-state index in [0.717, 1.165) is 0 Å². The normalized spacial score (nSPS) is 17.2. The molecule has 0 saturated carbocycles. The maximum absolute atomic E-state index is 13.1. The number of carboxylic acid groups (broad SMARTS) is 1. The molecule has 1 fully saturated rings. The molecule has 2 aromatic rings. The number of aliphatic carboxylic acids is 1. The van der Waals surface area contributed by atoms with E-state index in [1.807, 2.05) is 0 Å². The minimum absolute atomic E-state index is 0.00129. The van der Waals surface area contributed by atoms with Crippen LogP contribution in [0.3, 0.4) is 0 Å². The number of rotatable bonds is 9. The highest BCUT2D eigenvalue weighted by Gasteiger charge is 2.47. The van der Waals surface area contributed by atoms with Gasteiger partial charge in [-0.05, 0) is 48.9 Å². The van der Waals surface area contributed by atoms with Crippen LogP contribution in [0.15, 0.2) is 48.0 Å². The largest absolute Gasteiger partial charge is 0.507 e. The lowest BCUT2D eigenvalue weighted by atomic mass is 9.94. The van der Waals surface area contributed by atoms with Crippen LogP contribution in [0.25, 0.3) is 5.76 Å². The zero-order valence-electron chi connectivity index (χ0n) is 18.5. The third-order valence-electron chi connectivity index (χ3n) is 5.42. The van der Waals surface area contributed by atoms with Crippen LogP contribution in [0.1, 0.15) is 30.0 Å². The summed E-state index contributed by atoms with van der Waals surface area (Å²) in [7, 11) is 4.44. The Hall–Kier alpha value is -4.01. The van der Waals surface area contributed by atoms with E-state index in [9.17, 15) is 19.5 Å². The maximum atomic E-state index is 13.1. The smallest absolute Gasteiger partial charge is 0.303 e. The fraction of sp³-hybridized carbons (Fsp3) is 0.292. The minimum atomic E-state index is -1.01. The molecule has 0 aliphatic carbocycles. The van der Waals surface area contributed by atoms with Gasteiger partial charge in [0.2, 0.25) is 0 Å². The molecule has 1 amide bonds. The summed E-state index contributed by atoms with van der Waals surface area (Å²) in [6.07, 6.45) is -0.0445. The summed E-state index contributed by atoms with van der Waals surface area (Å²) in [5, 5.41) is 20.1. The quantitative estimate of drug-likeness (QED) is 0.336. The molecule has 3 rings (SSSR count). The van der Waals surface area contributed by atoms with E-state index >= 15 is 0 Å². The topological polar surface area (TPSA) is 123 Å². The number of amides is 1. The van der Waals surface area contributed by atoms with Gasteiger partial charge in [-0.3, -0.25) is 14.4 Å². The summed E-state index contributed by atoms with van der Waals surface area (Å²) in [6, 6.07) is 10.3. The number of aliphatic hydroxyl groups is 1. The van der Waals surface area contributed by atoms with Gasteiger partial charge in [0.1, 0.15) is 23.0 Å². The molecule has 1 unspecified atom stereocenters. The van der Waals surface area contributed by atoms with Crippen molar-refractivity contribution >= 4 is 23.4 Å². The molecule has 1 heterocycles. The predicted molar refractivity (Wildman–Crippen MR) is 118 cm³/mol. The average molecular weight is 455 g/mol. The Balaban J connectivity index is 2.18. The Morgan fingerprint density at radius 3 is 2.15 bits per heavy atom. The molecule has 1 aliphatic heterocycles. The second-order valence-electron chi connectivity index (χ2n) is 7.33. The number of carbonyl (C=O) groups excluding carboxylic acids is 2. The third kappa shape index (κ3) is 4.77. The van der Waals surface area contributed by atoms with E-state index in [1.54, 1.807) is 42.5 Å². The number of ketones is 1. The highest BCUT2D eigenvalue weighted by Crippen LogP contribution is 2.44. The van der Waals surface area contributed by atoms with Gasteiger partial charge >= 0.3 is 5.97 Å². The second-order valence-corrected chi connectivity index (χ2v) is 7.33. The van der Waals surface area contributed by atoms with Gasteiger partial charge in [0.05, 0.1) is 32.9 Å². The van der Waals surface area contributed by atoms with Crippen molar-refractivity contribution in [1.82, 2.24) is 4.90 Å². The van der Waals surface area contributed by atoms with Crippen LogP contribution >= 0.6 is 0 Å². The van der Waals surface area contributed by atoms with Crippen molar-refractivity contribution in [2.75, 3.05) is 27.9 Å². The summed E-state index contributed by atoms with van der Waals surface area (Å²) in [6.45, 7) is 0.00129. The molecule has 9 heteroatoms. The van der Waals surface area contributed by atoms with Gasteiger partial charge in [0, 0.05) is 24.1 Å². The van der Waals surface area contributed by atoms with Crippen LogP contribution in [-0.4, -0.2) is 60.6 Å². The van der Waals surface area contributed by atoms with Crippen molar-refractivity contribution in [2.45, 2.75) is 18.9 Å². The Kier molecular flexibility index (Phi) is 7.22. The van der Waals surface area contributed by atoms with E-state index in [-0.39, 0.29) is 30.7 Å². The van der Waals surface area contributed by atoms with E-state index in [2.05, 4.69) is 0 Å². The highest BCUT2D eigenvalue weighted by molar-refractivity contribution is 6.46. The molecule has 1 atom stereocenters. The summed E-state index contributed by atoms with van der Waals surface area (Å²) in [5.74, 6) is -1.66. The van der Waals surface area contributed by atoms with E-state index in [0.29, 0.717) is 28.4 Å². The van der Waals surface area contributed by atoms with E-state index < -0.39 is 23.7 Å². The highest BCUT2D eigenvalue weighted by atomic mass is 16.5. The van der Waals surface area contributed by atoms with Crippen molar-refractivity contribution in [1.29, 1.82) is 0 Å². The summed E-state index contributed by atoms with van der Waals surface area (Å²) >= 11 is 0. The minimum Gasteiger partial charge on any atom is -0.507 e. The average Bonchev–Trinajstić information content (AvgIpc) is 3.07. The molecule has 0 radical (unpaired) electrons. The number of nitrogens with zero attached hydrogens (tertiary/aromatic N) is 1. The van der Waals surface area contributed by atoms with E-state index in [1.165, 1.54) is 26.2 Å². The molecule has 1 aliphatic rings. The molecule has 2 N–H and O–H groups in total. The van der Waals surface area contributed by atoms with Crippen molar-refractivity contribution in [3.63, 3.8) is 0 Å². The summed E-state index contributed by atoms with van der Waals surface area (Å²) in [4.78, 5) is 38.3. The molecule has 0 aromatic heterocycles. The molecule has 9 nitrogen and oxygen atoms in total. The third-order valence-corrected chi connectivity index (χ3v) is 5.42. The lowest BCUT2D eigenvalue weighted by Gasteiger charge is -2.26. The Bertz CT molecular complexity index is 1090. The van der Waals surface area contributed by atoms with Gasteiger partial charge < -0.3 is 29.3 Å². The van der Waals surface area contributed by atoms with Crippen LogP contribution < -0.4 is 14.2 Å². The first kappa shape index (κ1) is 23.6. The number of Topliss-reactive ketones (excluding diaryl/α,β-unsaturated/α-hetero) is 1. The van der Waals surface area contributed by atoms with Crippen molar-refractivity contribution in [2.24, 2.45) is 0 Å². The van der Waals surface area contributed by atoms with Gasteiger partial charge in [-0.2, -0.15) is 0 Å². The monoisotopic (exact) mass is 455 g/mol. The van der Waals surface area contributed by atoms with Gasteiger partial charge in [0.25, 0.3) is 11.7 Å². The fourth-order valence-corrected chi connectivity index (χ4v) is 3.79. The maximum Gasteiger partial charge on any atom is 0.303 e. The predicted octanol–water partition coefficient (Wildman–Crippen LogP) is 3.00. The lowest BCUT2D eigenvalue weighted by Crippen LogP contribution is -2.31. The first-order chi connectivity index (χ1) is 15.8. The lowest BCUT2D eigenvalue weighted by molar-refractivity contribution is -0.140. The van der Waals surface area contributed by atoms with Crippen molar-refractivity contribution in [3.8, 4) is 17.2 Å². The first-order valence-electron chi connectivity index (χ1n) is 10.2. The molecule has 2 aromatic carbocycles. The number of likely N-dealkylation sites (tertiary alicyclic amines) is 1. The molecule has 174 valence electrons. The number of hydrogen-bond donors (Lipinski definition) is 2. The van der Waals surface area contributed by atoms with Crippen LogP contribution in [0.5, 0.6) is 17.2 Å². The summed E-state index contributed by atoms with van der Waals surface area (Å²) in [5.41, 5.74) is 0.639. The number of carbonyl (C=O) groups is 3. The fourth-order valence-electron chi connectivity index (χ4n) is 3.79. The Morgan fingerprint density at radius 2 is 1.58 bits per heavy atom. The number of aliphatic hydroxyl groups excluding tert-OH is 1. The van der Waals surface area contributed by atoms with Crippen LogP contribution in [-0.2, 0) is 14.4 Å². The molecule has 1 saturated heterocycles. The first-order valence-corrected chi connectivity index (χ1v) is 10.2. The molecule has 0 bridgehead atoms.